The zero-order valence-corrected chi connectivity index (χ0v) is 13.6. The molecule has 100 valence electrons. The van der Waals surface area contributed by atoms with Crippen LogP contribution >= 0.6 is 22.6 Å². The summed E-state index contributed by atoms with van der Waals surface area (Å²) in [4.78, 5) is 0. The Morgan fingerprint density at radius 1 is 1.11 bits per heavy atom. The first-order valence-electron chi connectivity index (χ1n) is 6.23. The van der Waals surface area contributed by atoms with Crippen molar-refractivity contribution < 1.29 is 4.74 Å². The van der Waals surface area contributed by atoms with Crippen molar-refractivity contribution in [3.63, 3.8) is 0 Å². The Labute approximate surface area is 128 Å². The van der Waals surface area contributed by atoms with E-state index in [1.807, 2.05) is 19.2 Å². The second-order valence-electron chi connectivity index (χ2n) is 4.47. The van der Waals surface area contributed by atoms with Crippen LogP contribution < -0.4 is 10.1 Å². The smallest absolute Gasteiger partial charge is 0.118 e. The van der Waals surface area contributed by atoms with Crippen LogP contribution in [-0.4, -0.2) is 14.2 Å². The zero-order chi connectivity index (χ0) is 13.8. The number of hydrogen-bond acceptors (Lipinski definition) is 2. The molecular formula is C16H18INO. The summed E-state index contributed by atoms with van der Waals surface area (Å²) in [6.07, 6.45) is 0. The van der Waals surface area contributed by atoms with Gasteiger partial charge in [0.05, 0.1) is 13.2 Å². The second-order valence-corrected chi connectivity index (χ2v) is 5.55. The van der Waals surface area contributed by atoms with Crippen molar-refractivity contribution in [2.45, 2.75) is 13.0 Å². The molecule has 0 aliphatic heterocycles. The molecule has 2 aromatic rings. The third-order valence-corrected chi connectivity index (χ3v) is 4.74. The molecule has 2 aromatic carbocycles. The van der Waals surface area contributed by atoms with Crippen molar-refractivity contribution in [1.82, 2.24) is 5.32 Å². The Kier molecular flexibility index (Phi) is 4.82. The van der Waals surface area contributed by atoms with Crippen LogP contribution in [0.4, 0.5) is 0 Å². The Balaban J connectivity index is 2.40. The van der Waals surface area contributed by atoms with E-state index in [0.717, 1.165) is 5.75 Å². The van der Waals surface area contributed by atoms with Crippen LogP contribution in [0.1, 0.15) is 22.7 Å². The number of nitrogens with one attached hydrogen (secondary N) is 1. The van der Waals surface area contributed by atoms with Gasteiger partial charge in [-0.3, -0.25) is 0 Å². The minimum Gasteiger partial charge on any atom is -0.497 e. The first-order chi connectivity index (χ1) is 9.17. The standard InChI is InChI=1S/C16H18INO/c1-11-5-4-6-14(15(11)17)16(18-2)12-7-9-13(19-3)10-8-12/h4-10,16,18H,1-3H3. The molecule has 0 saturated heterocycles. The van der Waals surface area contributed by atoms with Crippen molar-refractivity contribution in [2.24, 2.45) is 0 Å². The van der Waals surface area contributed by atoms with Crippen LogP contribution in [0.25, 0.3) is 0 Å². The van der Waals surface area contributed by atoms with Crippen LogP contribution in [0, 0.1) is 10.5 Å². The van der Waals surface area contributed by atoms with Crippen LogP contribution in [0.2, 0.25) is 0 Å². The maximum absolute atomic E-state index is 5.21. The summed E-state index contributed by atoms with van der Waals surface area (Å²) in [5.74, 6) is 0.887. The van der Waals surface area contributed by atoms with Gasteiger partial charge in [0, 0.05) is 3.57 Å². The van der Waals surface area contributed by atoms with Gasteiger partial charge in [-0.25, -0.2) is 0 Å². The topological polar surface area (TPSA) is 21.3 Å². The lowest BCUT2D eigenvalue weighted by molar-refractivity contribution is 0.414. The highest BCUT2D eigenvalue weighted by Gasteiger charge is 2.15. The molecule has 0 spiro atoms. The molecule has 2 nitrogen and oxygen atoms in total. The summed E-state index contributed by atoms with van der Waals surface area (Å²) in [5, 5.41) is 3.39. The fourth-order valence-electron chi connectivity index (χ4n) is 2.19. The van der Waals surface area contributed by atoms with E-state index < -0.39 is 0 Å². The number of rotatable bonds is 4. The highest BCUT2D eigenvalue weighted by molar-refractivity contribution is 14.1. The molecule has 0 radical (unpaired) electrons. The fourth-order valence-corrected chi connectivity index (χ4v) is 2.86. The highest BCUT2D eigenvalue weighted by Crippen LogP contribution is 2.28. The average Bonchev–Trinajstić information content (AvgIpc) is 2.45. The summed E-state index contributed by atoms with van der Waals surface area (Å²) in [6, 6.07) is 14.9. The van der Waals surface area contributed by atoms with E-state index >= 15 is 0 Å². The summed E-state index contributed by atoms with van der Waals surface area (Å²) in [7, 11) is 3.68. The number of halogens is 1. The number of benzene rings is 2. The van der Waals surface area contributed by atoms with Gasteiger partial charge in [0.25, 0.3) is 0 Å². The molecule has 1 atom stereocenters. The van der Waals surface area contributed by atoms with Gasteiger partial charge in [0.15, 0.2) is 0 Å². The minimum absolute atomic E-state index is 0.206. The van der Waals surface area contributed by atoms with Crippen LogP contribution in [0.5, 0.6) is 5.75 Å². The lowest BCUT2D eigenvalue weighted by Crippen LogP contribution is -2.19. The molecule has 0 fully saturated rings. The van der Waals surface area contributed by atoms with Gasteiger partial charge in [0.2, 0.25) is 0 Å². The number of hydrogen-bond donors (Lipinski definition) is 1. The quantitative estimate of drug-likeness (QED) is 0.828. The summed E-state index contributed by atoms with van der Waals surface area (Å²) in [5.41, 5.74) is 3.87. The lowest BCUT2D eigenvalue weighted by atomic mass is 9.97. The molecule has 0 aliphatic carbocycles. The molecule has 0 aromatic heterocycles. The van der Waals surface area contributed by atoms with Crippen LogP contribution in [-0.2, 0) is 0 Å². The second kappa shape index (κ2) is 6.39. The van der Waals surface area contributed by atoms with E-state index in [0.29, 0.717) is 0 Å². The Hall–Kier alpha value is -1.07. The van der Waals surface area contributed by atoms with Gasteiger partial charge in [-0.2, -0.15) is 0 Å². The maximum Gasteiger partial charge on any atom is 0.118 e. The summed E-state index contributed by atoms with van der Waals surface area (Å²) in [6.45, 7) is 2.14. The first-order valence-corrected chi connectivity index (χ1v) is 7.31. The van der Waals surface area contributed by atoms with Gasteiger partial charge in [0.1, 0.15) is 5.75 Å². The molecule has 1 N–H and O–H groups in total. The van der Waals surface area contributed by atoms with Crippen LogP contribution in [0.3, 0.4) is 0 Å². The molecule has 0 saturated carbocycles. The van der Waals surface area contributed by atoms with E-state index in [1.165, 1.54) is 20.3 Å². The minimum atomic E-state index is 0.206. The van der Waals surface area contributed by atoms with Gasteiger partial charge in [-0.05, 0) is 65.4 Å². The predicted octanol–water partition coefficient (Wildman–Crippen LogP) is 3.92. The molecule has 3 heteroatoms. The van der Waals surface area contributed by atoms with Gasteiger partial charge in [-0.15, -0.1) is 0 Å². The largest absolute Gasteiger partial charge is 0.497 e. The van der Waals surface area contributed by atoms with Crippen molar-refractivity contribution in [1.29, 1.82) is 0 Å². The zero-order valence-electron chi connectivity index (χ0n) is 11.4. The Bertz CT molecular complexity index is 551. The van der Waals surface area contributed by atoms with Crippen molar-refractivity contribution >= 4 is 22.6 Å². The van der Waals surface area contributed by atoms with Gasteiger partial charge in [-0.1, -0.05) is 30.3 Å². The normalized spacial score (nSPS) is 12.2. The average molecular weight is 367 g/mol. The van der Waals surface area contributed by atoms with E-state index in [1.54, 1.807) is 7.11 Å². The first kappa shape index (κ1) is 14.3. The summed E-state index contributed by atoms with van der Waals surface area (Å²) >= 11 is 2.42. The third kappa shape index (κ3) is 3.09. The predicted molar refractivity (Wildman–Crippen MR) is 87.8 cm³/mol. The molecule has 19 heavy (non-hydrogen) atoms. The Morgan fingerprint density at radius 3 is 2.37 bits per heavy atom. The lowest BCUT2D eigenvalue weighted by Gasteiger charge is -2.20. The summed E-state index contributed by atoms with van der Waals surface area (Å²) < 4.78 is 6.52. The number of methoxy groups -OCH3 is 1. The van der Waals surface area contributed by atoms with E-state index in [-0.39, 0.29) is 6.04 Å². The molecule has 1 unspecified atom stereocenters. The number of ether oxygens (including phenoxy) is 1. The molecule has 0 aliphatic rings. The van der Waals surface area contributed by atoms with Crippen molar-refractivity contribution in [3.8, 4) is 5.75 Å². The van der Waals surface area contributed by atoms with Crippen LogP contribution in [0.15, 0.2) is 42.5 Å². The maximum atomic E-state index is 5.21. The molecular weight excluding hydrogens is 349 g/mol. The van der Waals surface area contributed by atoms with Crippen molar-refractivity contribution in [2.75, 3.05) is 14.2 Å². The number of aryl methyl sites for hydroxylation is 1. The van der Waals surface area contributed by atoms with E-state index in [9.17, 15) is 0 Å². The highest BCUT2D eigenvalue weighted by atomic mass is 127. The molecule has 0 amide bonds. The molecule has 0 heterocycles. The Morgan fingerprint density at radius 2 is 1.79 bits per heavy atom. The third-order valence-electron chi connectivity index (χ3n) is 3.27. The van der Waals surface area contributed by atoms with Gasteiger partial charge < -0.3 is 10.1 Å². The SMILES string of the molecule is CNC(c1ccc(OC)cc1)c1cccc(C)c1I. The van der Waals surface area contributed by atoms with Crippen molar-refractivity contribution in [3.05, 3.63) is 62.7 Å². The fraction of sp³-hybridized carbons (Fsp3) is 0.250. The monoisotopic (exact) mass is 367 g/mol. The van der Waals surface area contributed by atoms with E-state index in [4.69, 9.17) is 4.74 Å². The van der Waals surface area contributed by atoms with E-state index in [2.05, 4.69) is 65.2 Å². The van der Waals surface area contributed by atoms with Gasteiger partial charge >= 0.3 is 0 Å². The molecule has 0 bridgehead atoms. The molecule has 2 rings (SSSR count).